The fourth-order valence-electron chi connectivity index (χ4n) is 3.00. The van der Waals surface area contributed by atoms with Gasteiger partial charge in [-0.3, -0.25) is 9.10 Å². The smallest absolute Gasteiger partial charge is 0.260 e. The van der Waals surface area contributed by atoms with Crippen LogP contribution >= 0.6 is 11.6 Å². The molecule has 0 aromatic heterocycles. The molecular formula is C24H24ClN3O5S. The van der Waals surface area contributed by atoms with E-state index >= 15 is 0 Å². The highest BCUT2D eigenvalue weighted by Gasteiger charge is 2.21. The lowest BCUT2D eigenvalue weighted by Crippen LogP contribution is -2.39. The summed E-state index contributed by atoms with van der Waals surface area (Å²) < 4.78 is 36.4. The molecule has 1 N–H and O–H groups in total. The Bertz CT molecular complexity index is 1270. The van der Waals surface area contributed by atoms with Crippen LogP contribution in [0.25, 0.3) is 0 Å². The molecule has 0 heterocycles. The van der Waals surface area contributed by atoms with E-state index in [-0.39, 0.29) is 10.7 Å². The number of methoxy groups -OCH3 is 1. The second-order valence-electron chi connectivity index (χ2n) is 7.19. The number of amides is 1. The normalized spacial score (nSPS) is 11.3. The minimum atomic E-state index is -3.77. The van der Waals surface area contributed by atoms with Crippen LogP contribution in [0.5, 0.6) is 11.5 Å². The highest BCUT2D eigenvalue weighted by molar-refractivity contribution is 7.92. The fraction of sp³-hybridized carbons (Fsp3) is 0.167. The number of rotatable bonds is 10. The number of para-hydroxylation sites is 1. The molecule has 178 valence electrons. The predicted octanol–water partition coefficient (Wildman–Crippen LogP) is 3.84. The molecule has 0 aliphatic carbocycles. The Hall–Kier alpha value is -3.56. The van der Waals surface area contributed by atoms with Crippen LogP contribution in [-0.4, -0.2) is 40.4 Å². The quantitative estimate of drug-likeness (QED) is 0.336. The van der Waals surface area contributed by atoms with E-state index in [1.54, 1.807) is 12.1 Å². The van der Waals surface area contributed by atoms with Gasteiger partial charge in [0.2, 0.25) is 10.0 Å². The second kappa shape index (κ2) is 11.5. The lowest BCUT2D eigenvalue weighted by atomic mass is 10.2. The van der Waals surface area contributed by atoms with E-state index in [1.165, 1.54) is 31.5 Å². The number of hydrogen-bond acceptors (Lipinski definition) is 6. The number of carbonyl (C=O) groups is 1. The van der Waals surface area contributed by atoms with E-state index in [1.807, 2.05) is 42.5 Å². The van der Waals surface area contributed by atoms with E-state index in [2.05, 4.69) is 10.5 Å². The van der Waals surface area contributed by atoms with E-state index in [0.29, 0.717) is 23.7 Å². The molecule has 0 saturated carbocycles. The van der Waals surface area contributed by atoms with Crippen molar-refractivity contribution >= 4 is 39.4 Å². The lowest BCUT2D eigenvalue weighted by Gasteiger charge is -2.22. The molecule has 3 aromatic rings. The van der Waals surface area contributed by atoms with Gasteiger partial charge in [0.05, 0.1) is 30.3 Å². The van der Waals surface area contributed by atoms with Crippen LogP contribution < -0.4 is 19.2 Å². The molecule has 0 unspecified atom stereocenters. The Morgan fingerprint density at radius 2 is 1.76 bits per heavy atom. The van der Waals surface area contributed by atoms with Gasteiger partial charge < -0.3 is 9.47 Å². The van der Waals surface area contributed by atoms with Gasteiger partial charge in [-0.05, 0) is 35.9 Å². The van der Waals surface area contributed by atoms with E-state index in [4.69, 9.17) is 21.1 Å². The van der Waals surface area contributed by atoms with Gasteiger partial charge in [0.15, 0.2) is 0 Å². The number of benzene rings is 3. The first-order valence-corrected chi connectivity index (χ1v) is 12.4. The highest BCUT2D eigenvalue weighted by atomic mass is 35.5. The lowest BCUT2D eigenvalue weighted by molar-refractivity contribution is -0.119. The van der Waals surface area contributed by atoms with Gasteiger partial charge in [-0.2, -0.15) is 5.10 Å². The van der Waals surface area contributed by atoms with Crippen molar-refractivity contribution in [2.45, 2.75) is 6.61 Å². The number of sulfonamides is 1. The second-order valence-corrected chi connectivity index (χ2v) is 9.51. The van der Waals surface area contributed by atoms with Crippen LogP contribution in [0.1, 0.15) is 11.1 Å². The Morgan fingerprint density at radius 3 is 2.44 bits per heavy atom. The molecule has 1 amide bonds. The van der Waals surface area contributed by atoms with Crippen LogP contribution in [0, 0.1) is 0 Å². The van der Waals surface area contributed by atoms with Crippen molar-refractivity contribution in [2.75, 3.05) is 24.2 Å². The third-order valence-electron chi connectivity index (χ3n) is 4.66. The molecule has 0 saturated heterocycles. The summed E-state index contributed by atoms with van der Waals surface area (Å²) in [6, 6.07) is 21.4. The summed E-state index contributed by atoms with van der Waals surface area (Å²) in [4.78, 5) is 12.4. The van der Waals surface area contributed by atoms with Gasteiger partial charge >= 0.3 is 0 Å². The molecule has 10 heteroatoms. The fourth-order valence-corrected chi connectivity index (χ4v) is 4.10. The first-order chi connectivity index (χ1) is 16.3. The number of hydrazone groups is 1. The zero-order chi connectivity index (χ0) is 24.6. The molecule has 0 aliphatic heterocycles. The molecule has 3 aromatic carbocycles. The summed E-state index contributed by atoms with van der Waals surface area (Å²) in [5, 5.41) is 4.18. The van der Waals surface area contributed by atoms with E-state index < -0.39 is 22.5 Å². The van der Waals surface area contributed by atoms with Gasteiger partial charge in [0, 0.05) is 5.56 Å². The van der Waals surface area contributed by atoms with Crippen molar-refractivity contribution in [1.29, 1.82) is 0 Å². The SMILES string of the molecule is COc1ccc(N(CC(=O)N/N=C\c2ccccc2OCc2ccccc2)S(C)(=O)=O)cc1Cl. The van der Waals surface area contributed by atoms with Crippen molar-refractivity contribution in [2.24, 2.45) is 5.10 Å². The van der Waals surface area contributed by atoms with Crippen molar-refractivity contribution in [1.82, 2.24) is 5.43 Å². The highest BCUT2D eigenvalue weighted by Crippen LogP contribution is 2.30. The molecule has 0 aliphatic rings. The van der Waals surface area contributed by atoms with Crippen molar-refractivity contribution in [3.8, 4) is 11.5 Å². The molecular weight excluding hydrogens is 478 g/mol. The maximum atomic E-state index is 12.4. The standard InChI is InChI=1S/C24H24ClN3O5S/c1-32-23-13-12-20(14-21(23)25)28(34(2,30)31)16-24(29)27-26-15-19-10-6-7-11-22(19)33-17-18-8-4-3-5-9-18/h3-15H,16-17H2,1-2H3,(H,27,29)/b26-15-. The van der Waals surface area contributed by atoms with E-state index in [9.17, 15) is 13.2 Å². The molecule has 0 bridgehead atoms. The Morgan fingerprint density at radius 1 is 1.06 bits per heavy atom. The molecule has 3 rings (SSSR count). The van der Waals surface area contributed by atoms with Crippen LogP contribution in [0.2, 0.25) is 5.02 Å². The van der Waals surface area contributed by atoms with Gasteiger partial charge in [-0.15, -0.1) is 0 Å². The van der Waals surface area contributed by atoms with E-state index in [0.717, 1.165) is 16.1 Å². The molecule has 8 nitrogen and oxygen atoms in total. The summed E-state index contributed by atoms with van der Waals surface area (Å²) in [6.45, 7) is -0.100. The minimum Gasteiger partial charge on any atom is -0.495 e. The zero-order valence-electron chi connectivity index (χ0n) is 18.6. The monoisotopic (exact) mass is 501 g/mol. The first-order valence-electron chi connectivity index (χ1n) is 10.2. The Balaban J connectivity index is 1.66. The van der Waals surface area contributed by atoms with Crippen molar-refractivity contribution in [3.05, 3.63) is 88.9 Å². The number of nitrogens with one attached hydrogen (secondary N) is 1. The Labute approximate surface area is 203 Å². The number of carbonyl (C=O) groups excluding carboxylic acids is 1. The first kappa shape index (κ1) is 25.1. The number of hydrogen-bond donors (Lipinski definition) is 1. The van der Waals surface area contributed by atoms with Gasteiger partial charge in [0.1, 0.15) is 24.7 Å². The minimum absolute atomic E-state index is 0.221. The summed E-state index contributed by atoms with van der Waals surface area (Å²) in [7, 11) is -2.32. The molecule has 0 atom stereocenters. The molecule has 34 heavy (non-hydrogen) atoms. The summed E-state index contributed by atoms with van der Waals surface area (Å²) in [5.74, 6) is 0.354. The van der Waals surface area contributed by atoms with Crippen molar-refractivity contribution < 1.29 is 22.7 Å². The number of ether oxygens (including phenoxy) is 2. The van der Waals surface area contributed by atoms with Gasteiger partial charge in [-0.1, -0.05) is 54.1 Å². The Kier molecular flexibility index (Phi) is 8.50. The number of anilines is 1. The molecule has 0 fully saturated rings. The third-order valence-corrected chi connectivity index (χ3v) is 6.10. The summed E-state index contributed by atoms with van der Waals surface area (Å²) in [5.41, 5.74) is 4.25. The maximum Gasteiger partial charge on any atom is 0.260 e. The average Bonchev–Trinajstić information content (AvgIpc) is 2.82. The zero-order valence-corrected chi connectivity index (χ0v) is 20.2. The van der Waals surface area contributed by atoms with Crippen molar-refractivity contribution in [3.63, 3.8) is 0 Å². The maximum absolute atomic E-state index is 12.4. The average molecular weight is 502 g/mol. The van der Waals surface area contributed by atoms with Crippen LogP contribution in [0.4, 0.5) is 5.69 Å². The number of halogens is 1. The van der Waals surface area contributed by atoms with Gasteiger partial charge in [0.25, 0.3) is 5.91 Å². The van der Waals surface area contributed by atoms with Crippen LogP contribution in [0.15, 0.2) is 77.9 Å². The topological polar surface area (TPSA) is 97.3 Å². The third kappa shape index (κ3) is 6.97. The van der Waals surface area contributed by atoms with Crippen LogP contribution in [-0.2, 0) is 21.4 Å². The largest absolute Gasteiger partial charge is 0.495 e. The predicted molar refractivity (Wildman–Crippen MR) is 133 cm³/mol. The molecule has 0 spiro atoms. The van der Waals surface area contributed by atoms with Gasteiger partial charge in [-0.25, -0.2) is 13.8 Å². The summed E-state index contributed by atoms with van der Waals surface area (Å²) >= 11 is 6.11. The summed E-state index contributed by atoms with van der Waals surface area (Å²) in [6.07, 6.45) is 2.44. The van der Waals surface area contributed by atoms with Crippen LogP contribution in [0.3, 0.4) is 0 Å². The number of nitrogens with zero attached hydrogens (tertiary/aromatic N) is 2. The molecule has 0 radical (unpaired) electrons.